The Hall–Kier alpha value is -1.92. The van der Waals surface area contributed by atoms with Gasteiger partial charge in [-0.05, 0) is 57.6 Å². The first kappa shape index (κ1) is 20.0. The normalized spacial score (nSPS) is 36.7. The number of piperidine rings is 1. The van der Waals surface area contributed by atoms with Crippen LogP contribution in [0.2, 0.25) is 0 Å². The molecular formula is C24H34N4O2. The second kappa shape index (κ2) is 7.34. The van der Waals surface area contributed by atoms with Gasteiger partial charge in [-0.15, -0.1) is 0 Å². The zero-order valence-corrected chi connectivity index (χ0v) is 18.4. The average Bonchev–Trinajstić information content (AvgIpc) is 3.34. The molecule has 1 N–H and O–H groups in total. The topological polar surface area (TPSA) is 55.9 Å². The van der Waals surface area contributed by atoms with E-state index in [4.69, 9.17) is 0 Å². The van der Waals surface area contributed by atoms with E-state index >= 15 is 0 Å². The highest BCUT2D eigenvalue weighted by Gasteiger charge is 2.62. The van der Waals surface area contributed by atoms with Gasteiger partial charge in [-0.25, -0.2) is 4.79 Å². The van der Waals surface area contributed by atoms with Gasteiger partial charge in [0.15, 0.2) is 0 Å². The largest absolute Gasteiger partial charge is 0.327 e. The summed E-state index contributed by atoms with van der Waals surface area (Å²) < 4.78 is 0. The molecule has 6 nitrogen and oxygen atoms in total. The SMILES string of the molecule is CC(C)N1C(=O)N(C)C(=O)C12CC1CCC(C2)N1C[C@H]1CNC[C@@H]1c1ccccc1. The lowest BCUT2D eigenvalue weighted by Gasteiger charge is -2.48. The van der Waals surface area contributed by atoms with Crippen molar-refractivity contribution >= 4 is 11.9 Å². The minimum absolute atomic E-state index is 0.0162. The van der Waals surface area contributed by atoms with Crippen LogP contribution >= 0.6 is 0 Å². The summed E-state index contributed by atoms with van der Waals surface area (Å²) in [6.45, 7) is 7.25. The van der Waals surface area contributed by atoms with Gasteiger partial charge >= 0.3 is 6.03 Å². The summed E-state index contributed by atoms with van der Waals surface area (Å²) in [5.74, 6) is 1.16. The molecule has 4 aliphatic heterocycles. The maximum absolute atomic E-state index is 13.2. The van der Waals surface area contributed by atoms with Crippen molar-refractivity contribution in [3.63, 3.8) is 0 Å². The molecule has 30 heavy (non-hydrogen) atoms. The van der Waals surface area contributed by atoms with Gasteiger partial charge < -0.3 is 10.2 Å². The summed E-state index contributed by atoms with van der Waals surface area (Å²) in [5.41, 5.74) is 0.798. The summed E-state index contributed by atoms with van der Waals surface area (Å²) in [7, 11) is 1.65. The van der Waals surface area contributed by atoms with Gasteiger partial charge in [0.1, 0.15) is 5.54 Å². The van der Waals surface area contributed by atoms with Crippen molar-refractivity contribution in [1.82, 2.24) is 20.0 Å². The van der Waals surface area contributed by atoms with E-state index in [2.05, 4.69) is 40.5 Å². The van der Waals surface area contributed by atoms with Crippen LogP contribution in [0, 0.1) is 5.92 Å². The number of hydrogen-bond donors (Lipinski definition) is 1. The van der Waals surface area contributed by atoms with E-state index in [-0.39, 0.29) is 18.0 Å². The Bertz CT molecular complexity index is 812. The Morgan fingerprint density at radius 3 is 2.37 bits per heavy atom. The highest BCUT2D eigenvalue weighted by Crippen LogP contribution is 2.48. The van der Waals surface area contributed by atoms with Gasteiger partial charge in [-0.3, -0.25) is 14.6 Å². The second-order valence-electron chi connectivity index (χ2n) is 10.1. The molecular weight excluding hydrogens is 376 g/mol. The van der Waals surface area contributed by atoms with Gasteiger partial charge in [-0.1, -0.05) is 30.3 Å². The van der Waals surface area contributed by atoms with Crippen LogP contribution in [0.5, 0.6) is 0 Å². The molecule has 1 spiro atoms. The number of imide groups is 1. The fourth-order valence-electron chi connectivity index (χ4n) is 6.83. The molecule has 4 atom stereocenters. The van der Waals surface area contributed by atoms with E-state index < -0.39 is 5.54 Å². The molecule has 4 aliphatic rings. The molecule has 1 aromatic rings. The van der Waals surface area contributed by atoms with Crippen LogP contribution in [0.1, 0.15) is 51.0 Å². The molecule has 4 fully saturated rings. The first-order valence-electron chi connectivity index (χ1n) is 11.6. The Morgan fingerprint density at radius 1 is 1.07 bits per heavy atom. The number of benzene rings is 1. The summed E-state index contributed by atoms with van der Waals surface area (Å²) in [4.78, 5) is 32.0. The van der Waals surface area contributed by atoms with Crippen LogP contribution < -0.4 is 5.32 Å². The smallest absolute Gasteiger partial charge is 0.316 e. The highest BCUT2D eigenvalue weighted by atomic mass is 16.2. The van der Waals surface area contributed by atoms with Gasteiger partial charge in [-0.2, -0.15) is 0 Å². The van der Waals surface area contributed by atoms with Crippen LogP contribution in [0.15, 0.2) is 30.3 Å². The van der Waals surface area contributed by atoms with Crippen molar-refractivity contribution in [1.29, 1.82) is 0 Å². The predicted octanol–water partition coefficient (Wildman–Crippen LogP) is 2.66. The first-order chi connectivity index (χ1) is 14.4. The molecule has 162 valence electrons. The number of likely N-dealkylation sites (N-methyl/N-ethyl adjacent to an activating group) is 1. The second-order valence-corrected chi connectivity index (χ2v) is 10.1. The van der Waals surface area contributed by atoms with E-state index in [1.165, 1.54) is 10.5 Å². The lowest BCUT2D eigenvalue weighted by Crippen LogP contribution is -2.62. The number of nitrogens with one attached hydrogen (secondary N) is 1. The Balaban J connectivity index is 1.36. The van der Waals surface area contributed by atoms with E-state index in [1.54, 1.807) is 7.05 Å². The minimum Gasteiger partial charge on any atom is -0.316 e. The minimum atomic E-state index is -0.630. The van der Waals surface area contributed by atoms with Gasteiger partial charge in [0.25, 0.3) is 5.91 Å². The Labute approximate surface area is 179 Å². The van der Waals surface area contributed by atoms with Crippen molar-refractivity contribution in [2.75, 3.05) is 26.7 Å². The Kier molecular flexibility index (Phi) is 4.90. The fraction of sp³-hybridized carbons (Fsp3) is 0.667. The molecule has 6 heteroatoms. The van der Waals surface area contributed by atoms with E-state index in [1.807, 2.05) is 18.7 Å². The third-order valence-electron chi connectivity index (χ3n) is 8.10. The lowest BCUT2D eigenvalue weighted by atomic mass is 9.79. The molecule has 0 saturated carbocycles. The molecule has 2 bridgehead atoms. The molecule has 0 aromatic heterocycles. The lowest BCUT2D eigenvalue weighted by molar-refractivity contribution is -0.137. The van der Waals surface area contributed by atoms with Crippen LogP contribution in [-0.2, 0) is 4.79 Å². The number of carbonyl (C=O) groups excluding carboxylic acids is 2. The fourth-order valence-corrected chi connectivity index (χ4v) is 6.83. The maximum Gasteiger partial charge on any atom is 0.327 e. The van der Waals surface area contributed by atoms with E-state index in [0.29, 0.717) is 23.9 Å². The standard InChI is InChI=1S/C24H34N4O2/c1-16(2)28-23(30)26(3)22(29)24(28)11-19-9-10-20(12-24)27(19)15-18-13-25-14-21(18)17-7-5-4-6-8-17/h4-8,16,18-21,25H,9-15H2,1-3H3/t18-,19?,20?,21-,24?/m1/s1. The number of urea groups is 1. The molecule has 4 saturated heterocycles. The highest BCUT2D eigenvalue weighted by molar-refractivity contribution is 6.07. The quantitative estimate of drug-likeness (QED) is 0.776. The van der Waals surface area contributed by atoms with Gasteiger partial charge in [0.05, 0.1) is 0 Å². The number of amides is 3. The maximum atomic E-state index is 13.2. The monoisotopic (exact) mass is 410 g/mol. The zero-order chi connectivity index (χ0) is 21.0. The number of nitrogens with zero attached hydrogens (tertiary/aromatic N) is 3. The van der Waals surface area contributed by atoms with Crippen LogP contribution in [0.3, 0.4) is 0 Å². The molecule has 5 rings (SSSR count). The van der Waals surface area contributed by atoms with E-state index in [9.17, 15) is 9.59 Å². The van der Waals surface area contributed by atoms with E-state index in [0.717, 1.165) is 45.3 Å². The van der Waals surface area contributed by atoms with Crippen molar-refractivity contribution in [3.05, 3.63) is 35.9 Å². The average molecular weight is 411 g/mol. The van der Waals surface area contributed by atoms with Crippen molar-refractivity contribution in [2.24, 2.45) is 5.92 Å². The zero-order valence-electron chi connectivity index (χ0n) is 18.4. The summed E-state index contributed by atoms with van der Waals surface area (Å²) in [5, 5.41) is 3.61. The van der Waals surface area contributed by atoms with Crippen molar-refractivity contribution in [3.8, 4) is 0 Å². The molecule has 1 aromatic carbocycles. The third kappa shape index (κ3) is 2.91. The molecule has 0 aliphatic carbocycles. The van der Waals surface area contributed by atoms with Crippen LogP contribution in [0.4, 0.5) is 4.79 Å². The molecule has 4 heterocycles. The van der Waals surface area contributed by atoms with Crippen LogP contribution in [0.25, 0.3) is 0 Å². The Morgan fingerprint density at radius 2 is 1.73 bits per heavy atom. The number of hydrogen-bond acceptors (Lipinski definition) is 4. The molecule has 2 unspecified atom stereocenters. The summed E-state index contributed by atoms with van der Waals surface area (Å²) in [6.07, 6.45) is 3.85. The predicted molar refractivity (Wildman–Crippen MR) is 116 cm³/mol. The number of fused-ring (bicyclic) bond motifs is 2. The number of rotatable bonds is 4. The van der Waals surface area contributed by atoms with Gasteiger partial charge in [0, 0.05) is 44.2 Å². The van der Waals surface area contributed by atoms with Crippen molar-refractivity contribution < 1.29 is 9.59 Å². The third-order valence-corrected chi connectivity index (χ3v) is 8.10. The molecule has 3 amide bonds. The summed E-state index contributed by atoms with van der Waals surface area (Å²) in [6, 6.07) is 11.6. The van der Waals surface area contributed by atoms with Crippen LogP contribution in [-0.4, -0.2) is 77.0 Å². The molecule has 0 radical (unpaired) electrons. The number of carbonyl (C=O) groups is 2. The van der Waals surface area contributed by atoms with Gasteiger partial charge in [0.2, 0.25) is 0 Å². The first-order valence-corrected chi connectivity index (χ1v) is 11.6. The summed E-state index contributed by atoms with van der Waals surface area (Å²) >= 11 is 0. The van der Waals surface area contributed by atoms with Crippen molar-refractivity contribution in [2.45, 2.75) is 69.1 Å².